The fraction of sp³-hybridized carbons (Fsp3) is 0.414. The van der Waals surface area contributed by atoms with Gasteiger partial charge in [0.15, 0.2) is 17.3 Å². The van der Waals surface area contributed by atoms with Gasteiger partial charge in [-0.25, -0.2) is 0 Å². The molecule has 5 rings (SSSR count). The first kappa shape index (κ1) is 26.1. The molecule has 0 amide bonds. The van der Waals surface area contributed by atoms with Crippen LogP contribution in [0.1, 0.15) is 49.7 Å². The number of rotatable bonds is 9. The minimum atomic E-state index is 0.359. The van der Waals surface area contributed by atoms with Gasteiger partial charge in [0, 0.05) is 42.8 Å². The van der Waals surface area contributed by atoms with Crippen molar-refractivity contribution in [2.24, 2.45) is 5.10 Å². The van der Waals surface area contributed by atoms with E-state index in [9.17, 15) is 0 Å². The maximum absolute atomic E-state index is 6.25. The number of aromatic nitrogens is 2. The number of anilines is 3. The highest BCUT2D eigenvalue weighted by Gasteiger charge is 2.19. The van der Waals surface area contributed by atoms with Crippen LogP contribution in [-0.2, 0) is 6.61 Å². The number of hydrazone groups is 1. The second-order valence-corrected chi connectivity index (χ2v) is 10.1. The van der Waals surface area contributed by atoms with Crippen LogP contribution in [0.3, 0.4) is 0 Å². The third-order valence-corrected chi connectivity index (χ3v) is 7.31. The Balaban J connectivity index is 1.29. The molecule has 2 fully saturated rings. The van der Waals surface area contributed by atoms with Crippen LogP contribution in [0.25, 0.3) is 0 Å². The quantitative estimate of drug-likeness (QED) is 0.261. The number of hydrogen-bond donors (Lipinski definition) is 1. The summed E-state index contributed by atoms with van der Waals surface area (Å²) in [6.07, 6.45) is 9.06. The molecule has 38 heavy (non-hydrogen) atoms. The normalized spacial score (nSPS) is 16.1. The topological polar surface area (TPSA) is 75.1 Å². The SMILES string of the molecule is COc1cc(/C=N\Nc2cc(N3CCCCC3)nc(N3CCCCC3)n2)ccc1OCc1ccccc1Cl. The monoisotopic (exact) mass is 534 g/mol. The summed E-state index contributed by atoms with van der Waals surface area (Å²) >= 11 is 6.25. The highest BCUT2D eigenvalue weighted by molar-refractivity contribution is 6.31. The van der Waals surface area contributed by atoms with E-state index in [2.05, 4.69) is 20.3 Å². The molecule has 0 radical (unpaired) electrons. The lowest BCUT2D eigenvalue weighted by atomic mass is 10.1. The number of ether oxygens (including phenoxy) is 2. The Bertz CT molecular complexity index is 1210. The molecule has 0 aliphatic carbocycles. The van der Waals surface area contributed by atoms with Crippen molar-refractivity contribution in [2.75, 3.05) is 48.5 Å². The Morgan fingerprint density at radius 3 is 2.37 bits per heavy atom. The van der Waals surface area contributed by atoms with E-state index >= 15 is 0 Å². The Labute approximate surface area is 229 Å². The van der Waals surface area contributed by atoms with Crippen molar-refractivity contribution in [2.45, 2.75) is 45.1 Å². The average Bonchev–Trinajstić information content (AvgIpc) is 2.98. The van der Waals surface area contributed by atoms with Crippen molar-refractivity contribution >= 4 is 35.4 Å². The molecule has 2 aliphatic heterocycles. The molecule has 3 aromatic rings. The summed E-state index contributed by atoms with van der Waals surface area (Å²) in [4.78, 5) is 14.4. The summed E-state index contributed by atoms with van der Waals surface area (Å²) in [5, 5.41) is 5.16. The van der Waals surface area contributed by atoms with Gasteiger partial charge < -0.3 is 19.3 Å². The summed E-state index contributed by atoms with van der Waals surface area (Å²) in [6.45, 7) is 4.42. The fourth-order valence-electron chi connectivity index (χ4n) is 4.83. The van der Waals surface area contributed by atoms with E-state index in [1.54, 1.807) is 13.3 Å². The minimum absolute atomic E-state index is 0.359. The second kappa shape index (κ2) is 12.8. The smallest absolute Gasteiger partial charge is 0.229 e. The van der Waals surface area contributed by atoms with E-state index in [0.717, 1.165) is 49.1 Å². The number of nitrogens with zero attached hydrogens (tertiary/aromatic N) is 5. The standard InChI is InChI=1S/C29H35ClN6O2/c1-37-26-18-22(12-13-25(26)38-21-23-10-4-5-11-24(23)30)20-31-34-27-19-28(35-14-6-2-7-15-35)33-29(32-27)36-16-8-3-9-17-36/h4-5,10-13,18-20H,2-3,6-9,14-17,21H2,1H3,(H,32,33,34)/b31-20-. The largest absolute Gasteiger partial charge is 0.493 e. The van der Waals surface area contributed by atoms with Crippen LogP contribution in [0.2, 0.25) is 5.02 Å². The van der Waals surface area contributed by atoms with Gasteiger partial charge in [-0.05, 0) is 68.4 Å². The zero-order chi connectivity index (χ0) is 26.2. The van der Waals surface area contributed by atoms with Crippen LogP contribution in [-0.4, -0.2) is 49.5 Å². The van der Waals surface area contributed by atoms with Crippen molar-refractivity contribution in [1.82, 2.24) is 9.97 Å². The maximum atomic E-state index is 6.25. The number of nitrogens with one attached hydrogen (secondary N) is 1. The number of piperidine rings is 2. The van der Waals surface area contributed by atoms with E-state index in [4.69, 9.17) is 31.0 Å². The summed E-state index contributed by atoms with van der Waals surface area (Å²) < 4.78 is 11.5. The highest BCUT2D eigenvalue weighted by atomic mass is 35.5. The van der Waals surface area contributed by atoms with Gasteiger partial charge in [0.2, 0.25) is 5.95 Å². The van der Waals surface area contributed by atoms with E-state index in [0.29, 0.717) is 28.9 Å². The Morgan fingerprint density at radius 1 is 0.895 bits per heavy atom. The maximum Gasteiger partial charge on any atom is 0.229 e. The first-order valence-electron chi connectivity index (χ1n) is 13.4. The lowest BCUT2D eigenvalue weighted by Gasteiger charge is -2.31. The van der Waals surface area contributed by atoms with Crippen molar-refractivity contribution in [3.8, 4) is 11.5 Å². The summed E-state index contributed by atoms with van der Waals surface area (Å²) in [6, 6.07) is 15.4. The molecule has 1 N–H and O–H groups in total. The molecule has 0 unspecified atom stereocenters. The van der Waals surface area contributed by atoms with Crippen molar-refractivity contribution < 1.29 is 9.47 Å². The lowest BCUT2D eigenvalue weighted by molar-refractivity contribution is 0.284. The molecule has 3 heterocycles. The summed E-state index contributed by atoms with van der Waals surface area (Å²) in [5.41, 5.74) is 4.93. The van der Waals surface area contributed by atoms with E-state index < -0.39 is 0 Å². The third-order valence-electron chi connectivity index (χ3n) is 6.94. The lowest BCUT2D eigenvalue weighted by Crippen LogP contribution is -2.33. The van der Waals surface area contributed by atoms with E-state index in [-0.39, 0.29) is 0 Å². The molecule has 0 atom stereocenters. The van der Waals surface area contributed by atoms with Crippen LogP contribution < -0.4 is 24.7 Å². The first-order valence-corrected chi connectivity index (χ1v) is 13.8. The molecule has 200 valence electrons. The number of halogens is 1. The molecular formula is C29H35ClN6O2. The van der Waals surface area contributed by atoms with E-state index in [1.807, 2.05) is 48.5 Å². The number of methoxy groups -OCH3 is 1. The minimum Gasteiger partial charge on any atom is -0.493 e. The summed E-state index contributed by atoms with van der Waals surface area (Å²) in [7, 11) is 1.63. The molecule has 2 aliphatic rings. The molecule has 2 aromatic carbocycles. The predicted octanol–water partition coefficient (Wildman–Crippen LogP) is 6.14. The van der Waals surface area contributed by atoms with Gasteiger partial charge in [0.25, 0.3) is 0 Å². The van der Waals surface area contributed by atoms with Crippen LogP contribution >= 0.6 is 11.6 Å². The number of hydrogen-bond acceptors (Lipinski definition) is 8. The molecule has 9 heteroatoms. The van der Waals surface area contributed by atoms with Crippen LogP contribution in [0.4, 0.5) is 17.6 Å². The van der Waals surface area contributed by atoms with Gasteiger partial charge in [-0.2, -0.15) is 15.1 Å². The zero-order valence-electron chi connectivity index (χ0n) is 21.9. The van der Waals surface area contributed by atoms with Crippen LogP contribution in [0, 0.1) is 0 Å². The molecule has 1 aromatic heterocycles. The van der Waals surface area contributed by atoms with Crippen molar-refractivity contribution in [1.29, 1.82) is 0 Å². The third kappa shape index (κ3) is 6.67. The molecule has 8 nitrogen and oxygen atoms in total. The Kier molecular flexibility index (Phi) is 8.81. The van der Waals surface area contributed by atoms with E-state index in [1.165, 1.54) is 38.5 Å². The van der Waals surface area contributed by atoms with Crippen molar-refractivity contribution in [3.63, 3.8) is 0 Å². The van der Waals surface area contributed by atoms with Crippen LogP contribution in [0.5, 0.6) is 11.5 Å². The molecule has 0 bridgehead atoms. The highest BCUT2D eigenvalue weighted by Crippen LogP contribution is 2.29. The average molecular weight is 535 g/mol. The zero-order valence-corrected chi connectivity index (χ0v) is 22.7. The molecule has 0 spiro atoms. The molecular weight excluding hydrogens is 500 g/mol. The molecule has 0 saturated carbocycles. The predicted molar refractivity (Wildman–Crippen MR) is 154 cm³/mol. The number of benzene rings is 2. The van der Waals surface area contributed by atoms with Gasteiger partial charge in [-0.3, -0.25) is 5.43 Å². The molecule has 2 saturated heterocycles. The van der Waals surface area contributed by atoms with Gasteiger partial charge in [-0.1, -0.05) is 29.8 Å². The Hall–Kier alpha value is -3.52. The van der Waals surface area contributed by atoms with Crippen molar-refractivity contribution in [3.05, 3.63) is 64.7 Å². The first-order chi connectivity index (χ1) is 18.7. The van der Waals surface area contributed by atoms with Gasteiger partial charge in [0.05, 0.1) is 13.3 Å². The van der Waals surface area contributed by atoms with Gasteiger partial charge in [0.1, 0.15) is 12.4 Å². The van der Waals surface area contributed by atoms with Gasteiger partial charge >= 0.3 is 0 Å². The van der Waals surface area contributed by atoms with Gasteiger partial charge in [-0.15, -0.1) is 0 Å². The second-order valence-electron chi connectivity index (χ2n) is 9.67. The fourth-order valence-corrected chi connectivity index (χ4v) is 5.02. The van der Waals surface area contributed by atoms with Crippen LogP contribution in [0.15, 0.2) is 53.6 Å². The Morgan fingerprint density at radius 2 is 1.63 bits per heavy atom. The summed E-state index contributed by atoms with van der Waals surface area (Å²) in [5.74, 6) is 3.73.